The third-order valence-electron chi connectivity index (χ3n) is 6.31. The van der Waals surface area contributed by atoms with Crippen molar-refractivity contribution < 1.29 is 27.9 Å². The summed E-state index contributed by atoms with van der Waals surface area (Å²) in [5, 5.41) is 13.2. The largest absolute Gasteiger partial charge is 0.481 e. The first kappa shape index (κ1) is 25.4. The molecule has 1 aliphatic heterocycles. The summed E-state index contributed by atoms with van der Waals surface area (Å²) in [5.74, 6) is -1.06. The highest BCUT2D eigenvalue weighted by Gasteiger charge is 2.34. The van der Waals surface area contributed by atoms with Gasteiger partial charge in [0.1, 0.15) is 6.61 Å². The average molecular weight is 497 g/mol. The predicted octanol–water partition coefficient (Wildman–Crippen LogP) is 6.22. The number of hydrogen-bond acceptors (Lipinski definition) is 4. The molecule has 0 aromatic heterocycles. The van der Waals surface area contributed by atoms with Gasteiger partial charge in [-0.15, -0.1) is 0 Å². The minimum absolute atomic E-state index is 0.0900. The van der Waals surface area contributed by atoms with Crippen molar-refractivity contribution in [3.05, 3.63) is 95.1 Å². The summed E-state index contributed by atoms with van der Waals surface area (Å²) in [4.78, 5) is 18.6. The molecule has 0 radical (unpaired) electrons. The van der Waals surface area contributed by atoms with E-state index < -0.39 is 17.7 Å². The molecule has 1 unspecified atom stereocenters. The van der Waals surface area contributed by atoms with Crippen LogP contribution in [-0.2, 0) is 29.0 Å². The second kappa shape index (κ2) is 11.0. The van der Waals surface area contributed by atoms with E-state index in [2.05, 4.69) is 10.1 Å². The highest BCUT2D eigenvalue weighted by Crippen LogP contribution is 2.37. The molecular formula is C28H27F3N2O3. The van der Waals surface area contributed by atoms with E-state index in [1.165, 1.54) is 6.07 Å². The lowest BCUT2D eigenvalue weighted by Gasteiger charge is -2.15. The molecule has 8 heteroatoms. The molecule has 1 fully saturated rings. The molecule has 3 aromatic carbocycles. The van der Waals surface area contributed by atoms with Gasteiger partial charge in [0.25, 0.3) is 0 Å². The quantitative estimate of drug-likeness (QED) is 0.297. The third kappa shape index (κ3) is 6.31. The molecule has 1 N–H and O–H groups in total. The van der Waals surface area contributed by atoms with Crippen LogP contribution in [0.2, 0.25) is 0 Å². The van der Waals surface area contributed by atoms with Crippen LogP contribution in [0.3, 0.4) is 0 Å². The number of carbonyl (C=O) groups is 1. The van der Waals surface area contributed by atoms with E-state index in [0.717, 1.165) is 23.7 Å². The SMILES string of the molecule is CC(=NOCc1ccc(-c2ccccc2)c(C(F)(F)F)c1)c1ccc(CN2CCC(C(=O)O)C2)cc1. The smallest absolute Gasteiger partial charge is 0.417 e. The first-order valence-electron chi connectivity index (χ1n) is 11.7. The zero-order valence-corrected chi connectivity index (χ0v) is 19.8. The molecule has 1 atom stereocenters. The van der Waals surface area contributed by atoms with Crippen molar-refractivity contribution in [2.24, 2.45) is 11.1 Å². The summed E-state index contributed by atoms with van der Waals surface area (Å²) in [6.45, 7) is 3.67. The molecule has 188 valence electrons. The number of hydrogen-bond donors (Lipinski definition) is 1. The molecular weight excluding hydrogens is 469 g/mol. The van der Waals surface area contributed by atoms with Gasteiger partial charge in [-0.25, -0.2) is 0 Å². The molecule has 0 amide bonds. The van der Waals surface area contributed by atoms with E-state index in [9.17, 15) is 18.0 Å². The van der Waals surface area contributed by atoms with Gasteiger partial charge in [-0.3, -0.25) is 9.69 Å². The number of oxime groups is 1. The molecule has 3 aromatic rings. The molecule has 0 spiro atoms. The summed E-state index contributed by atoms with van der Waals surface area (Å²) in [6.07, 6.45) is -3.83. The number of halogens is 3. The Kier molecular flexibility index (Phi) is 7.74. The fraction of sp³-hybridized carbons (Fsp3) is 0.286. The standard InChI is InChI=1S/C28H27F3N2O3/c1-19(22-10-7-20(8-11-22)16-33-14-13-24(17-33)27(34)35)32-36-18-21-9-12-25(23-5-3-2-4-6-23)26(15-21)28(29,30)31/h2-12,15,24H,13-14,16-18H2,1H3,(H,34,35). The lowest BCUT2D eigenvalue weighted by Crippen LogP contribution is -2.22. The van der Waals surface area contributed by atoms with E-state index in [1.807, 2.05) is 24.3 Å². The first-order valence-corrected chi connectivity index (χ1v) is 11.7. The number of nitrogens with zero attached hydrogens (tertiary/aromatic N) is 2. The van der Waals surface area contributed by atoms with Crippen LogP contribution in [0.15, 0.2) is 78.0 Å². The Labute approximate surface area is 207 Å². The summed E-state index contributed by atoms with van der Waals surface area (Å²) < 4.78 is 41.1. The van der Waals surface area contributed by atoms with Crippen LogP contribution in [0, 0.1) is 5.92 Å². The number of aliphatic carboxylic acids is 1. The van der Waals surface area contributed by atoms with Crippen LogP contribution >= 0.6 is 0 Å². The van der Waals surface area contributed by atoms with E-state index in [0.29, 0.717) is 36.3 Å². The van der Waals surface area contributed by atoms with Gasteiger partial charge < -0.3 is 9.94 Å². The molecule has 0 bridgehead atoms. The number of benzene rings is 3. The average Bonchev–Trinajstić information content (AvgIpc) is 3.33. The van der Waals surface area contributed by atoms with Crippen molar-refractivity contribution in [3.63, 3.8) is 0 Å². The molecule has 1 saturated heterocycles. The lowest BCUT2D eigenvalue weighted by molar-refractivity contribution is -0.141. The topological polar surface area (TPSA) is 62.1 Å². The van der Waals surface area contributed by atoms with Crippen molar-refractivity contribution in [2.75, 3.05) is 13.1 Å². The third-order valence-corrected chi connectivity index (χ3v) is 6.31. The van der Waals surface area contributed by atoms with Crippen LogP contribution < -0.4 is 0 Å². The normalized spacial score (nSPS) is 16.8. The number of carboxylic acid groups (broad SMARTS) is 1. The Balaban J connectivity index is 1.38. The van der Waals surface area contributed by atoms with Crippen LogP contribution in [0.4, 0.5) is 13.2 Å². The van der Waals surface area contributed by atoms with Crippen molar-refractivity contribution >= 4 is 11.7 Å². The molecule has 0 saturated carbocycles. The van der Waals surface area contributed by atoms with Crippen LogP contribution in [0.25, 0.3) is 11.1 Å². The van der Waals surface area contributed by atoms with Gasteiger partial charge in [-0.05, 0) is 53.8 Å². The van der Waals surface area contributed by atoms with Gasteiger partial charge in [0, 0.05) is 13.1 Å². The summed E-state index contributed by atoms with van der Waals surface area (Å²) in [7, 11) is 0. The molecule has 1 heterocycles. The molecule has 1 aliphatic rings. The molecule has 0 aliphatic carbocycles. The zero-order valence-electron chi connectivity index (χ0n) is 19.8. The maximum Gasteiger partial charge on any atom is 0.417 e. The molecule has 36 heavy (non-hydrogen) atoms. The van der Waals surface area contributed by atoms with Crippen LogP contribution in [-0.4, -0.2) is 34.8 Å². The molecule has 5 nitrogen and oxygen atoms in total. The number of likely N-dealkylation sites (tertiary alicyclic amines) is 1. The van der Waals surface area contributed by atoms with E-state index in [-0.39, 0.29) is 18.1 Å². The Morgan fingerprint density at radius 3 is 2.39 bits per heavy atom. The van der Waals surface area contributed by atoms with Gasteiger partial charge in [-0.2, -0.15) is 13.2 Å². The maximum absolute atomic E-state index is 13.7. The Morgan fingerprint density at radius 2 is 1.75 bits per heavy atom. The number of carboxylic acids is 1. The van der Waals surface area contributed by atoms with E-state index in [1.54, 1.807) is 43.3 Å². The van der Waals surface area contributed by atoms with Gasteiger partial charge in [-0.1, -0.05) is 71.9 Å². The van der Waals surface area contributed by atoms with Crippen molar-refractivity contribution in [3.8, 4) is 11.1 Å². The Hall–Kier alpha value is -3.65. The maximum atomic E-state index is 13.7. The van der Waals surface area contributed by atoms with E-state index >= 15 is 0 Å². The Morgan fingerprint density at radius 1 is 1.06 bits per heavy atom. The highest BCUT2D eigenvalue weighted by molar-refractivity contribution is 5.98. The van der Waals surface area contributed by atoms with Crippen molar-refractivity contribution in [1.29, 1.82) is 0 Å². The minimum atomic E-state index is -4.49. The molecule has 4 rings (SSSR count). The highest BCUT2D eigenvalue weighted by atomic mass is 19.4. The van der Waals surface area contributed by atoms with Crippen molar-refractivity contribution in [2.45, 2.75) is 32.7 Å². The van der Waals surface area contributed by atoms with Gasteiger partial charge in [0.15, 0.2) is 0 Å². The monoisotopic (exact) mass is 496 g/mol. The van der Waals surface area contributed by atoms with Crippen LogP contribution in [0.5, 0.6) is 0 Å². The fourth-order valence-electron chi connectivity index (χ4n) is 4.33. The predicted molar refractivity (Wildman–Crippen MR) is 131 cm³/mol. The van der Waals surface area contributed by atoms with E-state index in [4.69, 9.17) is 9.94 Å². The summed E-state index contributed by atoms with van der Waals surface area (Å²) in [5.41, 5.74) is 2.79. The van der Waals surface area contributed by atoms with Crippen molar-refractivity contribution in [1.82, 2.24) is 4.90 Å². The second-order valence-corrected chi connectivity index (χ2v) is 8.95. The summed E-state index contributed by atoms with van der Waals surface area (Å²) in [6, 6.07) is 20.4. The number of rotatable bonds is 8. The van der Waals surface area contributed by atoms with Crippen LogP contribution in [0.1, 0.15) is 35.6 Å². The fourth-order valence-corrected chi connectivity index (χ4v) is 4.33. The van der Waals surface area contributed by atoms with Gasteiger partial charge in [0.2, 0.25) is 0 Å². The van der Waals surface area contributed by atoms with Gasteiger partial charge in [0.05, 0.1) is 17.2 Å². The lowest BCUT2D eigenvalue weighted by atomic mass is 9.97. The minimum Gasteiger partial charge on any atom is -0.481 e. The zero-order chi connectivity index (χ0) is 25.7. The second-order valence-electron chi connectivity index (χ2n) is 8.95. The Bertz CT molecular complexity index is 1230. The number of alkyl halides is 3. The summed E-state index contributed by atoms with van der Waals surface area (Å²) >= 11 is 0. The van der Waals surface area contributed by atoms with Gasteiger partial charge >= 0.3 is 12.1 Å². The first-order chi connectivity index (χ1) is 17.2.